The van der Waals surface area contributed by atoms with Crippen molar-refractivity contribution >= 4 is 47.3 Å². The number of piperidine rings is 1. The van der Waals surface area contributed by atoms with Gasteiger partial charge in [0.2, 0.25) is 0 Å². The highest BCUT2D eigenvalue weighted by molar-refractivity contribution is 7.80. The van der Waals surface area contributed by atoms with Crippen LogP contribution in [0, 0.1) is 0 Å². The summed E-state index contributed by atoms with van der Waals surface area (Å²) in [5, 5.41) is 16.8. The summed E-state index contributed by atoms with van der Waals surface area (Å²) in [5.41, 5.74) is 2.12. The summed E-state index contributed by atoms with van der Waals surface area (Å²) >= 11 is 11.5. The Morgan fingerprint density at radius 1 is 1.48 bits per heavy atom. The van der Waals surface area contributed by atoms with Crippen molar-refractivity contribution in [2.45, 2.75) is 25.6 Å². The minimum Gasteiger partial charge on any atom is -0.467 e. The standard InChI is InChI=1S/C13H16BClN2O3S/c15-12-10(2-1-8-7-19-14(18)11(8)12)17-13(21)20-9-3-5-16-6-4-9/h1-2,9,16,18H,3-7H2,(H,17,21). The maximum Gasteiger partial charge on any atom is 0.493 e. The van der Waals surface area contributed by atoms with Crippen LogP contribution in [0.4, 0.5) is 5.69 Å². The Morgan fingerprint density at radius 2 is 2.24 bits per heavy atom. The number of halogens is 1. The fourth-order valence-electron chi connectivity index (χ4n) is 2.58. The summed E-state index contributed by atoms with van der Waals surface area (Å²) in [6.07, 6.45) is 2.01. The fourth-order valence-corrected chi connectivity index (χ4v) is 3.15. The second-order valence-corrected chi connectivity index (χ2v) is 5.89. The molecule has 112 valence electrons. The van der Waals surface area contributed by atoms with E-state index in [9.17, 15) is 5.02 Å². The van der Waals surface area contributed by atoms with Crippen LogP contribution in [0.25, 0.3) is 0 Å². The van der Waals surface area contributed by atoms with Crippen molar-refractivity contribution in [1.82, 2.24) is 5.32 Å². The first-order valence-corrected chi connectivity index (χ1v) is 7.73. The Hall–Kier alpha value is -0.855. The van der Waals surface area contributed by atoms with Crippen molar-refractivity contribution in [2.24, 2.45) is 0 Å². The van der Waals surface area contributed by atoms with Gasteiger partial charge >= 0.3 is 7.12 Å². The minimum atomic E-state index is -0.979. The molecule has 0 bridgehead atoms. The average molecular weight is 327 g/mol. The van der Waals surface area contributed by atoms with E-state index < -0.39 is 7.12 Å². The number of hydrogen-bond acceptors (Lipinski definition) is 5. The third-order valence-corrected chi connectivity index (χ3v) is 4.32. The molecule has 2 heterocycles. The van der Waals surface area contributed by atoms with E-state index in [0.29, 0.717) is 28.0 Å². The average Bonchev–Trinajstić information content (AvgIpc) is 2.85. The molecule has 1 saturated heterocycles. The van der Waals surface area contributed by atoms with Crippen LogP contribution in [-0.2, 0) is 16.0 Å². The van der Waals surface area contributed by atoms with Crippen LogP contribution in [0.3, 0.4) is 0 Å². The molecular weight excluding hydrogens is 310 g/mol. The molecule has 8 heteroatoms. The van der Waals surface area contributed by atoms with Crippen molar-refractivity contribution < 1.29 is 14.4 Å². The minimum absolute atomic E-state index is 0.133. The van der Waals surface area contributed by atoms with Crippen molar-refractivity contribution in [3.63, 3.8) is 0 Å². The number of anilines is 1. The van der Waals surface area contributed by atoms with E-state index in [1.165, 1.54) is 0 Å². The zero-order chi connectivity index (χ0) is 14.8. The van der Waals surface area contributed by atoms with Gasteiger partial charge in [0.15, 0.2) is 0 Å². The lowest BCUT2D eigenvalue weighted by atomic mass is 9.79. The van der Waals surface area contributed by atoms with E-state index in [1.807, 2.05) is 12.1 Å². The lowest BCUT2D eigenvalue weighted by molar-refractivity contribution is 0.154. The fraction of sp³-hybridized carbons (Fsp3) is 0.462. The number of benzene rings is 1. The molecule has 2 aliphatic rings. The van der Waals surface area contributed by atoms with Gasteiger partial charge in [0.05, 0.1) is 17.3 Å². The highest BCUT2D eigenvalue weighted by Crippen LogP contribution is 2.25. The molecule has 0 unspecified atom stereocenters. The maximum atomic E-state index is 9.78. The van der Waals surface area contributed by atoms with E-state index in [-0.39, 0.29) is 6.10 Å². The zero-order valence-electron chi connectivity index (χ0n) is 11.4. The second-order valence-electron chi connectivity index (χ2n) is 5.14. The lowest BCUT2D eigenvalue weighted by Gasteiger charge is -2.24. The van der Waals surface area contributed by atoms with Crippen molar-refractivity contribution in [1.29, 1.82) is 0 Å². The van der Waals surface area contributed by atoms with Gasteiger partial charge in [0, 0.05) is 5.46 Å². The smallest absolute Gasteiger partial charge is 0.467 e. The number of hydrogen-bond donors (Lipinski definition) is 3. The Balaban J connectivity index is 1.67. The predicted octanol–water partition coefficient (Wildman–Crippen LogP) is 1.02. The molecule has 1 aromatic rings. The SMILES string of the molecule is OB1OCc2ccc(NC(=S)OC3CCNCC3)c(Cl)c21. The maximum absolute atomic E-state index is 9.78. The van der Waals surface area contributed by atoms with Gasteiger partial charge in [0.25, 0.3) is 5.17 Å². The summed E-state index contributed by atoms with van der Waals surface area (Å²) in [7, 11) is -0.979. The first kappa shape index (κ1) is 15.1. The van der Waals surface area contributed by atoms with E-state index >= 15 is 0 Å². The van der Waals surface area contributed by atoms with Gasteiger partial charge in [0.1, 0.15) is 6.10 Å². The molecule has 0 aromatic heterocycles. The first-order valence-electron chi connectivity index (χ1n) is 6.94. The molecule has 0 spiro atoms. The molecule has 0 atom stereocenters. The number of fused-ring (bicyclic) bond motifs is 1. The largest absolute Gasteiger partial charge is 0.493 e. The van der Waals surface area contributed by atoms with Gasteiger partial charge in [-0.3, -0.25) is 0 Å². The summed E-state index contributed by atoms with van der Waals surface area (Å²) in [6, 6.07) is 3.69. The predicted molar refractivity (Wildman–Crippen MR) is 87.0 cm³/mol. The van der Waals surface area contributed by atoms with Crippen LogP contribution in [0.15, 0.2) is 12.1 Å². The summed E-state index contributed by atoms with van der Waals surface area (Å²) in [6.45, 7) is 2.25. The molecule has 2 aliphatic heterocycles. The van der Waals surface area contributed by atoms with Gasteiger partial charge in [-0.05, 0) is 49.8 Å². The molecule has 0 radical (unpaired) electrons. The van der Waals surface area contributed by atoms with E-state index in [2.05, 4.69) is 10.6 Å². The van der Waals surface area contributed by atoms with Crippen LogP contribution in [-0.4, -0.2) is 36.5 Å². The van der Waals surface area contributed by atoms with Gasteiger partial charge < -0.3 is 25.0 Å². The van der Waals surface area contributed by atoms with Gasteiger partial charge in [-0.15, -0.1) is 0 Å². The lowest BCUT2D eigenvalue weighted by Crippen LogP contribution is -2.35. The number of thiocarbonyl (C=S) groups is 1. The highest BCUT2D eigenvalue weighted by atomic mass is 35.5. The van der Waals surface area contributed by atoms with Crippen LogP contribution < -0.4 is 16.1 Å². The molecule has 5 nitrogen and oxygen atoms in total. The van der Waals surface area contributed by atoms with E-state index in [1.54, 1.807) is 0 Å². The summed E-state index contributed by atoms with van der Waals surface area (Å²) in [4.78, 5) is 0. The molecular formula is C13H16BClN2O3S. The molecule has 0 amide bonds. The second kappa shape index (κ2) is 6.50. The summed E-state index contributed by atoms with van der Waals surface area (Å²) < 4.78 is 10.9. The van der Waals surface area contributed by atoms with Gasteiger partial charge in [-0.25, -0.2) is 0 Å². The Bertz CT molecular complexity index is 554. The Kier molecular flexibility index (Phi) is 4.66. The van der Waals surface area contributed by atoms with Crippen molar-refractivity contribution in [2.75, 3.05) is 18.4 Å². The Labute approximate surface area is 134 Å². The quantitative estimate of drug-likeness (QED) is 0.557. The number of rotatable bonds is 2. The highest BCUT2D eigenvalue weighted by Gasteiger charge is 2.31. The molecule has 3 N–H and O–H groups in total. The zero-order valence-corrected chi connectivity index (χ0v) is 13.0. The molecule has 21 heavy (non-hydrogen) atoms. The van der Waals surface area contributed by atoms with Crippen LogP contribution in [0.2, 0.25) is 5.02 Å². The van der Waals surface area contributed by atoms with Crippen molar-refractivity contribution in [3.05, 3.63) is 22.7 Å². The number of ether oxygens (including phenoxy) is 1. The summed E-state index contributed by atoms with van der Waals surface area (Å²) in [5.74, 6) is 0. The van der Waals surface area contributed by atoms with Crippen LogP contribution >= 0.6 is 23.8 Å². The first-order chi connectivity index (χ1) is 10.1. The van der Waals surface area contributed by atoms with Crippen LogP contribution in [0.5, 0.6) is 0 Å². The number of nitrogens with one attached hydrogen (secondary N) is 2. The molecule has 0 aliphatic carbocycles. The third-order valence-electron chi connectivity index (χ3n) is 3.71. The molecule has 1 aromatic carbocycles. The Morgan fingerprint density at radius 3 is 3.00 bits per heavy atom. The van der Waals surface area contributed by atoms with E-state index in [4.69, 9.17) is 33.2 Å². The molecule has 0 saturated carbocycles. The van der Waals surface area contributed by atoms with Gasteiger partial charge in [-0.2, -0.15) is 0 Å². The van der Waals surface area contributed by atoms with E-state index in [0.717, 1.165) is 31.5 Å². The topological polar surface area (TPSA) is 62.8 Å². The van der Waals surface area contributed by atoms with Crippen molar-refractivity contribution in [3.8, 4) is 0 Å². The van der Waals surface area contributed by atoms with Crippen LogP contribution in [0.1, 0.15) is 18.4 Å². The van der Waals surface area contributed by atoms with Gasteiger partial charge in [-0.1, -0.05) is 17.7 Å². The third kappa shape index (κ3) is 3.32. The molecule has 3 rings (SSSR count). The molecule has 1 fully saturated rings. The normalized spacial score (nSPS) is 18.5. The monoisotopic (exact) mass is 326 g/mol.